The largest absolute Gasteiger partial charge is 0.397 e. The fraction of sp³-hybridized carbons (Fsp3) is 0.133. The van der Waals surface area contributed by atoms with Crippen LogP contribution in [0.2, 0.25) is 10.0 Å². The van der Waals surface area contributed by atoms with Crippen molar-refractivity contribution in [1.82, 2.24) is 9.97 Å². The Morgan fingerprint density at radius 1 is 1.15 bits per heavy atom. The molecule has 0 fully saturated rings. The third-order valence-electron chi connectivity index (χ3n) is 3.33. The number of aromatic amines is 1. The third-order valence-corrected chi connectivity index (χ3v) is 3.98. The van der Waals surface area contributed by atoms with E-state index >= 15 is 0 Å². The van der Waals surface area contributed by atoms with Gasteiger partial charge in [0.2, 0.25) is 0 Å². The Hall–Kier alpha value is -1.71. The first-order valence-electron chi connectivity index (χ1n) is 6.32. The lowest BCUT2D eigenvalue weighted by atomic mass is 10.1. The van der Waals surface area contributed by atoms with Crippen molar-refractivity contribution in [2.75, 3.05) is 5.73 Å². The summed E-state index contributed by atoms with van der Waals surface area (Å²) in [5.41, 5.74) is 10.2. The lowest BCUT2D eigenvalue weighted by Crippen LogP contribution is -1.93. The van der Waals surface area contributed by atoms with E-state index in [0.717, 1.165) is 17.5 Å². The Kier molecular flexibility index (Phi) is 3.32. The highest BCUT2D eigenvalue weighted by atomic mass is 35.5. The first-order chi connectivity index (χ1) is 9.60. The zero-order valence-corrected chi connectivity index (χ0v) is 12.4. The van der Waals surface area contributed by atoms with E-state index in [4.69, 9.17) is 28.9 Å². The van der Waals surface area contributed by atoms with Gasteiger partial charge in [-0.15, -0.1) is 0 Å². The molecule has 0 radical (unpaired) electrons. The Morgan fingerprint density at radius 3 is 2.65 bits per heavy atom. The summed E-state index contributed by atoms with van der Waals surface area (Å²) in [6, 6.07) is 9.54. The van der Waals surface area contributed by atoms with Gasteiger partial charge in [0.05, 0.1) is 32.3 Å². The van der Waals surface area contributed by atoms with E-state index in [1.54, 1.807) is 12.1 Å². The van der Waals surface area contributed by atoms with Crippen LogP contribution in [-0.2, 0) is 6.42 Å². The minimum Gasteiger partial charge on any atom is -0.397 e. The highest BCUT2D eigenvalue weighted by molar-refractivity contribution is 6.37. The van der Waals surface area contributed by atoms with Gasteiger partial charge in [-0.05, 0) is 36.2 Å². The van der Waals surface area contributed by atoms with E-state index in [1.165, 1.54) is 5.56 Å². The van der Waals surface area contributed by atoms with Crippen molar-refractivity contribution < 1.29 is 0 Å². The molecule has 20 heavy (non-hydrogen) atoms. The molecule has 0 aliphatic rings. The molecule has 3 nitrogen and oxygen atoms in total. The minimum absolute atomic E-state index is 0.439. The molecule has 0 atom stereocenters. The first-order valence-corrected chi connectivity index (χ1v) is 7.08. The second-order valence-corrected chi connectivity index (χ2v) is 5.42. The van der Waals surface area contributed by atoms with Crippen LogP contribution in [0.1, 0.15) is 12.5 Å². The molecule has 0 bridgehead atoms. The van der Waals surface area contributed by atoms with Crippen LogP contribution in [0.5, 0.6) is 0 Å². The van der Waals surface area contributed by atoms with Crippen LogP contribution in [-0.4, -0.2) is 9.97 Å². The molecule has 0 aliphatic carbocycles. The number of nitrogens with one attached hydrogen (secondary N) is 1. The van der Waals surface area contributed by atoms with E-state index < -0.39 is 0 Å². The highest BCUT2D eigenvalue weighted by Crippen LogP contribution is 2.36. The smallest absolute Gasteiger partial charge is 0.142 e. The maximum Gasteiger partial charge on any atom is 0.142 e. The number of anilines is 1. The number of aryl methyl sites for hydroxylation is 1. The molecule has 0 aliphatic heterocycles. The topological polar surface area (TPSA) is 54.7 Å². The number of halogens is 2. The Morgan fingerprint density at radius 2 is 1.90 bits per heavy atom. The Bertz CT molecular complexity index is 793. The van der Waals surface area contributed by atoms with E-state index in [9.17, 15) is 0 Å². The predicted octanol–water partition coefficient (Wildman–Crippen LogP) is 4.68. The molecule has 0 unspecified atom stereocenters. The summed E-state index contributed by atoms with van der Waals surface area (Å²) in [6.45, 7) is 2.12. The van der Waals surface area contributed by atoms with Crippen molar-refractivity contribution in [3.8, 4) is 11.4 Å². The van der Waals surface area contributed by atoms with Gasteiger partial charge in [0.1, 0.15) is 5.82 Å². The maximum absolute atomic E-state index is 6.22. The zero-order chi connectivity index (χ0) is 14.3. The average molecular weight is 306 g/mol. The molecule has 0 spiro atoms. The minimum atomic E-state index is 0.439. The normalized spacial score (nSPS) is 11.2. The van der Waals surface area contributed by atoms with E-state index in [0.29, 0.717) is 27.1 Å². The monoisotopic (exact) mass is 305 g/mol. The maximum atomic E-state index is 6.22. The SMILES string of the molecule is CCc1ccc2nc(-c3c(Cl)ccc(Cl)c3N)[nH]c2c1. The van der Waals surface area contributed by atoms with Crippen LogP contribution in [0.4, 0.5) is 5.69 Å². The van der Waals surface area contributed by atoms with Crippen LogP contribution in [0.25, 0.3) is 22.4 Å². The predicted molar refractivity (Wildman–Crippen MR) is 85.3 cm³/mol. The number of hydrogen-bond acceptors (Lipinski definition) is 2. The second kappa shape index (κ2) is 5.00. The summed E-state index contributed by atoms with van der Waals surface area (Å²) in [5.74, 6) is 0.637. The van der Waals surface area contributed by atoms with Gasteiger partial charge >= 0.3 is 0 Å². The summed E-state index contributed by atoms with van der Waals surface area (Å²) in [4.78, 5) is 7.80. The fourth-order valence-corrected chi connectivity index (χ4v) is 2.62. The zero-order valence-electron chi connectivity index (χ0n) is 10.9. The molecular weight excluding hydrogens is 293 g/mol. The lowest BCUT2D eigenvalue weighted by molar-refractivity contribution is 1.14. The number of rotatable bonds is 2. The number of nitrogens with two attached hydrogens (primary N) is 1. The highest BCUT2D eigenvalue weighted by Gasteiger charge is 2.14. The van der Waals surface area contributed by atoms with Crippen molar-refractivity contribution in [3.63, 3.8) is 0 Å². The number of H-pyrrole nitrogens is 1. The summed E-state index contributed by atoms with van der Waals surface area (Å²) < 4.78 is 0. The molecular formula is C15H13Cl2N3. The molecule has 0 amide bonds. The van der Waals surface area contributed by atoms with E-state index in [-0.39, 0.29) is 0 Å². The van der Waals surface area contributed by atoms with Gasteiger partial charge in [-0.25, -0.2) is 4.98 Å². The molecule has 3 N–H and O–H groups in total. The van der Waals surface area contributed by atoms with Crippen LogP contribution in [0.15, 0.2) is 30.3 Å². The van der Waals surface area contributed by atoms with E-state index in [2.05, 4.69) is 29.0 Å². The van der Waals surface area contributed by atoms with Crippen LogP contribution < -0.4 is 5.73 Å². The van der Waals surface area contributed by atoms with E-state index in [1.807, 2.05) is 6.07 Å². The van der Waals surface area contributed by atoms with Crippen LogP contribution in [0.3, 0.4) is 0 Å². The summed E-state index contributed by atoms with van der Waals surface area (Å²) >= 11 is 12.3. The van der Waals surface area contributed by atoms with Gasteiger partial charge in [-0.1, -0.05) is 36.2 Å². The number of aromatic nitrogens is 2. The molecule has 3 aromatic rings. The number of fused-ring (bicyclic) bond motifs is 1. The molecule has 2 aromatic carbocycles. The lowest BCUT2D eigenvalue weighted by Gasteiger charge is -2.06. The average Bonchev–Trinajstić information content (AvgIpc) is 2.85. The number of benzene rings is 2. The Labute approximate surface area is 126 Å². The molecule has 5 heteroatoms. The molecule has 0 saturated carbocycles. The molecule has 1 aromatic heterocycles. The van der Waals surface area contributed by atoms with Gasteiger partial charge in [0, 0.05) is 0 Å². The number of nitrogens with zero attached hydrogens (tertiary/aromatic N) is 1. The van der Waals surface area contributed by atoms with Crippen LogP contribution in [0, 0.1) is 0 Å². The first kappa shape index (κ1) is 13.3. The fourth-order valence-electron chi connectivity index (χ4n) is 2.20. The molecule has 102 valence electrons. The van der Waals surface area contributed by atoms with Crippen molar-refractivity contribution in [2.24, 2.45) is 0 Å². The molecule has 0 saturated heterocycles. The Balaban J connectivity index is 2.22. The standard InChI is InChI=1S/C15H13Cl2N3/c1-2-8-3-6-11-12(7-8)20-15(19-11)13-9(16)4-5-10(17)14(13)18/h3-7H,2,18H2,1H3,(H,19,20). The van der Waals surface area contributed by atoms with Gasteiger partial charge < -0.3 is 10.7 Å². The summed E-state index contributed by atoms with van der Waals surface area (Å²) in [6.07, 6.45) is 0.977. The molecule has 3 rings (SSSR count). The summed E-state index contributed by atoms with van der Waals surface area (Å²) in [7, 11) is 0. The quantitative estimate of drug-likeness (QED) is 0.675. The van der Waals surface area contributed by atoms with Gasteiger partial charge in [0.15, 0.2) is 0 Å². The molecule has 1 heterocycles. The van der Waals surface area contributed by atoms with Crippen molar-refractivity contribution in [3.05, 3.63) is 45.9 Å². The van der Waals surface area contributed by atoms with Crippen molar-refractivity contribution in [2.45, 2.75) is 13.3 Å². The van der Waals surface area contributed by atoms with Gasteiger partial charge in [0.25, 0.3) is 0 Å². The van der Waals surface area contributed by atoms with Crippen molar-refractivity contribution >= 4 is 39.9 Å². The van der Waals surface area contributed by atoms with Crippen LogP contribution >= 0.6 is 23.2 Å². The van der Waals surface area contributed by atoms with Gasteiger partial charge in [-0.2, -0.15) is 0 Å². The number of nitrogen functional groups attached to an aromatic ring is 1. The second-order valence-electron chi connectivity index (χ2n) is 4.61. The van der Waals surface area contributed by atoms with Crippen molar-refractivity contribution in [1.29, 1.82) is 0 Å². The summed E-state index contributed by atoms with van der Waals surface area (Å²) in [5, 5.41) is 1.00. The number of hydrogen-bond donors (Lipinski definition) is 2. The third kappa shape index (κ3) is 2.13. The van der Waals surface area contributed by atoms with Gasteiger partial charge in [-0.3, -0.25) is 0 Å². The number of imidazole rings is 1.